The number of nitrogens with zero attached hydrogens (tertiary/aromatic N) is 2. The Morgan fingerprint density at radius 3 is 2.72 bits per heavy atom. The molecule has 2 rings (SSSR count). The SMILES string of the molecule is CCCN(CC)c1cc(CNC2CC2)cc(C)n1. The molecule has 1 aliphatic carbocycles. The molecule has 0 aromatic carbocycles. The highest BCUT2D eigenvalue weighted by Gasteiger charge is 2.20. The van der Waals surface area contributed by atoms with Gasteiger partial charge in [0.05, 0.1) is 0 Å². The molecule has 1 N–H and O–H groups in total. The van der Waals surface area contributed by atoms with E-state index in [0.29, 0.717) is 0 Å². The average Bonchev–Trinajstić information content (AvgIpc) is 3.16. The third kappa shape index (κ3) is 3.70. The lowest BCUT2D eigenvalue weighted by Crippen LogP contribution is -2.25. The summed E-state index contributed by atoms with van der Waals surface area (Å²) in [5.74, 6) is 1.13. The van der Waals surface area contributed by atoms with Crippen LogP contribution in [-0.2, 0) is 6.54 Å². The van der Waals surface area contributed by atoms with Crippen molar-refractivity contribution in [3.05, 3.63) is 23.4 Å². The van der Waals surface area contributed by atoms with Crippen LogP contribution in [0.4, 0.5) is 5.82 Å². The molecule has 1 aromatic heterocycles. The fourth-order valence-electron chi connectivity index (χ4n) is 2.24. The molecule has 18 heavy (non-hydrogen) atoms. The summed E-state index contributed by atoms with van der Waals surface area (Å²) in [4.78, 5) is 7.02. The highest BCUT2D eigenvalue weighted by molar-refractivity contribution is 5.42. The van der Waals surface area contributed by atoms with E-state index in [1.54, 1.807) is 0 Å². The average molecular weight is 247 g/mol. The molecule has 1 saturated carbocycles. The van der Waals surface area contributed by atoms with Crippen molar-refractivity contribution in [2.45, 2.75) is 52.6 Å². The molecular weight excluding hydrogens is 222 g/mol. The van der Waals surface area contributed by atoms with Crippen LogP contribution in [0.25, 0.3) is 0 Å². The number of hydrogen-bond acceptors (Lipinski definition) is 3. The van der Waals surface area contributed by atoms with Gasteiger partial charge in [0.25, 0.3) is 0 Å². The van der Waals surface area contributed by atoms with Gasteiger partial charge in [-0.1, -0.05) is 6.92 Å². The number of pyridine rings is 1. The predicted molar refractivity (Wildman–Crippen MR) is 77.0 cm³/mol. The van der Waals surface area contributed by atoms with E-state index in [1.807, 2.05) is 0 Å². The Kier molecular flexibility index (Phi) is 4.59. The van der Waals surface area contributed by atoms with Crippen LogP contribution in [0, 0.1) is 6.92 Å². The number of aromatic nitrogens is 1. The Labute approximate surface area is 111 Å². The fraction of sp³-hybridized carbons (Fsp3) is 0.667. The zero-order valence-electron chi connectivity index (χ0n) is 11.9. The smallest absolute Gasteiger partial charge is 0.129 e. The Morgan fingerprint density at radius 2 is 2.11 bits per heavy atom. The van der Waals surface area contributed by atoms with Crippen LogP contribution in [0.15, 0.2) is 12.1 Å². The second-order valence-corrected chi connectivity index (χ2v) is 5.21. The minimum Gasteiger partial charge on any atom is -0.357 e. The van der Waals surface area contributed by atoms with Gasteiger partial charge in [0.15, 0.2) is 0 Å². The van der Waals surface area contributed by atoms with Crippen molar-refractivity contribution >= 4 is 5.82 Å². The molecule has 0 amide bonds. The summed E-state index contributed by atoms with van der Waals surface area (Å²) in [6.07, 6.45) is 3.85. The van der Waals surface area contributed by atoms with E-state index in [4.69, 9.17) is 0 Å². The molecule has 1 aromatic rings. The van der Waals surface area contributed by atoms with Gasteiger partial charge in [-0.25, -0.2) is 4.98 Å². The normalized spacial score (nSPS) is 14.8. The molecule has 0 spiro atoms. The quantitative estimate of drug-likeness (QED) is 0.803. The van der Waals surface area contributed by atoms with Gasteiger partial charge in [-0.3, -0.25) is 0 Å². The second-order valence-electron chi connectivity index (χ2n) is 5.21. The van der Waals surface area contributed by atoms with E-state index in [-0.39, 0.29) is 0 Å². The van der Waals surface area contributed by atoms with Crippen molar-refractivity contribution in [1.82, 2.24) is 10.3 Å². The van der Waals surface area contributed by atoms with Gasteiger partial charge < -0.3 is 10.2 Å². The van der Waals surface area contributed by atoms with Crippen molar-refractivity contribution in [2.24, 2.45) is 0 Å². The van der Waals surface area contributed by atoms with Gasteiger partial charge in [0.1, 0.15) is 5.82 Å². The van der Waals surface area contributed by atoms with E-state index in [1.165, 1.54) is 24.8 Å². The highest BCUT2D eigenvalue weighted by atomic mass is 15.2. The van der Waals surface area contributed by atoms with Crippen LogP contribution in [0.5, 0.6) is 0 Å². The number of aryl methyl sites for hydroxylation is 1. The van der Waals surface area contributed by atoms with Crippen molar-refractivity contribution < 1.29 is 0 Å². The van der Waals surface area contributed by atoms with Crippen LogP contribution < -0.4 is 10.2 Å². The third-order valence-corrected chi connectivity index (χ3v) is 3.37. The van der Waals surface area contributed by atoms with Crippen molar-refractivity contribution in [2.75, 3.05) is 18.0 Å². The van der Waals surface area contributed by atoms with Crippen LogP contribution in [0.1, 0.15) is 44.4 Å². The number of hydrogen-bond donors (Lipinski definition) is 1. The van der Waals surface area contributed by atoms with E-state index < -0.39 is 0 Å². The summed E-state index contributed by atoms with van der Waals surface area (Å²) in [6, 6.07) is 5.19. The molecule has 100 valence electrons. The monoisotopic (exact) mass is 247 g/mol. The second kappa shape index (κ2) is 6.19. The predicted octanol–water partition coefficient (Wildman–Crippen LogP) is 2.88. The molecule has 1 heterocycles. The first-order valence-corrected chi connectivity index (χ1v) is 7.18. The van der Waals surface area contributed by atoms with Gasteiger partial charge in [-0.15, -0.1) is 0 Å². The lowest BCUT2D eigenvalue weighted by Gasteiger charge is -2.22. The lowest BCUT2D eigenvalue weighted by molar-refractivity contribution is 0.685. The van der Waals surface area contributed by atoms with Crippen molar-refractivity contribution in [3.8, 4) is 0 Å². The Balaban J connectivity index is 2.07. The molecule has 1 aliphatic rings. The van der Waals surface area contributed by atoms with Crippen LogP contribution in [0.2, 0.25) is 0 Å². The Bertz CT molecular complexity index is 385. The van der Waals surface area contributed by atoms with E-state index >= 15 is 0 Å². The first-order chi connectivity index (χ1) is 8.72. The zero-order chi connectivity index (χ0) is 13.0. The molecule has 3 heteroatoms. The van der Waals surface area contributed by atoms with Gasteiger partial charge in [0, 0.05) is 31.4 Å². The van der Waals surface area contributed by atoms with Crippen molar-refractivity contribution in [3.63, 3.8) is 0 Å². The van der Waals surface area contributed by atoms with Gasteiger partial charge in [-0.05, 0) is 50.8 Å². The summed E-state index contributed by atoms with van der Waals surface area (Å²) in [7, 11) is 0. The summed E-state index contributed by atoms with van der Waals surface area (Å²) < 4.78 is 0. The maximum Gasteiger partial charge on any atom is 0.129 e. The van der Waals surface area contributed by atoms with Crippen LogP contribution >= 0.6 is 0 Å². The molecule has 0 unspecified atom stereocenters. The number of rotatable bonds is 7. The third-order valence-electron chi connectivity index (χ3n) is 3.37. The summed E-state index contributed by atoms with van der Waals surface area (Å²) in [6.45, 7) is 9.59. The Hall–Kier alpha value is -1.09. The molecule has 3 nitrogen and oxygen atoms in total. The highest BCUT2D eigenvalue weighted by Crippen LogP contribution is 2.20. The van der Waals surface area contributed by atoms with E-state index in [9.17, 15) is 0 Å². The maximum atomic E-state index is 4.66. The fourth-order valence-corrected chi connectivity index (χ4v) is 2.24. The zero-order valence-corrected chi connectivity index (χ0v) is 11.9. The van der Waals surface area contributed by atoms with Crippen LogP contribution in [-0.4, -0.2) is 24.1 Å². The number of anilines is 1. The molecule has 0 aliphatic heterocycles. The first kappa shape index (κ1) is 13.3. The lowest BCUT2D eigenvalue weighted by atomic mass is 10.2. The van der Waals surface area contributed by atoms with E-state index in [2.05, 4.69) is 48.1 Å². The summed E-state index contributed by atoms with van der Waals surface area (Å²) in [5, 5.41) is 3.57. The first-order valence-electron chi connectivity index (χ1n) is 7.18. The Morgan fingerprint density at radius 1 is 1.33 bits per heavy atom. The molecular formula is C15H25N3. The van der Waals surface area contributed by atoms with Gasteiger partial charge in [-0.2, -0.15) is 0 Å². The summed E-state index contributed by atoms with van der Waals surface area (Å²) >= 11 is 0. The van der Waals surface area contributed by atoms with Crippen LogP contribution in [0.3, 0.4) is 0 Å². The standard InChI is InChI=1S/C15H25N3/c1-4-8-18(5-2)15-10-13(9-12(3)17-15)11-16-14-6-7-14/h9-10,14,16H,4-8,11H2,1-3H3. The molecule has 0 atom stereocenters. The van der Waals surface area contributed by atoms with E-state index in [0.717, 1.165) is 37.2 Å². The minimum absolute atomic E-state index is 0.764. The largest absolute Gasteiger partial charge is 0.357 e. The van der Waals surface area contributed by atoms with Gasteiger partial charge in [0.2, 0.25) is 0 Å². The van der Waals surface area contributed by atoms with Crippen molar-refractivity contribution in [1.29, 1.82) is 0 Å². The number of nitrogens with one attached hydrogen (secondary N) is 1. The molecule has 0 radical (unpaired) electrons. The maximum absolute atomic E-state index is 4.66. The minimum atomic E-state index is 0.764. The van der Waals surface area contributed by atoms with Gasteiger partial charge >= 0.3 is 0 Å². The molecule has 0 bridgehead atoms. The molecule has 0 saturated heterocycles. The topological polar surface area (TPSA) is 28.2 Å². The molecule has 1 fully saturated rings. The summed E-state index contributed by atoms with van der Waals surface area (Å²) in [5.41, 5.74) is 2.48.